The van der Waals surface area contributed by atoms with Gasteiger partial charge in [0.1, 0.15) is 0 Å². The maximum absolute atomic E-state index is 11.9. The number of nitrogens with zero attached hydrogens (tertiary/aromatic N) is 4. The Balaban J connectivity index is 1.85. The van der Waals surface area contributed by atoms with Crippen molar-refractivity contribution >= 4 is 21.8 Å². The van der Waals surface area contributed by atoms with Crippen LogP contribution < -0.4 is 5.32 Å². The molecule has 7 heteroatoms. The van der Waals surface area contributed by atoms with Gasteiger partial charge in [-0.2, -0.15) is 10.2 Å². The number of amides is 1. The Morgan fingerprint density at radius 3 is 2.52 bits per heavy atom. The first-order valence-electron chi connectivity index (χ1n) is 6.83. The molecule has 0 bridgehead atoms. The van der Waals surface area contributed by atoms with Crippen LogP contribution in [-0.2, 0) is 24.9 Å². The molecule has 0 fully saturated rings. The summed E-state index contributed by atoms with van der Waals surface area (Å²) >= 11 is 3.49. The van der Waals surface area contributed by atoms with Crippen molar-refractivity contribution in [2.24, 2.45) is 7.05 Å². The number of halogens is 1. The van der Waals surface area contributed by atoms with E-state index in [4.69, 9.17) is 0 Å². The number of hydrogen-bond acceptors (Lipinski definition) is 3. The third-order valence-electron chi connectivity index (χ3n) is 3.43. The summed E-state index contributed by atoms with van der Waals surface area (Å²) in [6, 6.07) is 0. The van der Waals surface area contributed by atoms with Gasteiger partial charge in [-0.05, 0) is 36.7 Å². The zero-order valence-electron chi connectivity index (χ0n) is 12.8. The molecule has 0 saturated heterocycles. The standard InChI is InChI=1S/C14H20BrN5O/c1-9-12(8-19(4)17-9)7-16-13(21)5-6-20-11(3)14(15)10(2)18-20/h8H,5-7H2,1-4H3,(H,16,21). The summed E-state index contributed by atoms with van der Waals surface area (Å²) in [6.45, 7) is 6.96. The topological polar surface area (TPSA) is 64.7 Å². The normalized spacial score (nSPS) is 10.9. The molecule has 2 aromatic heterocycles. The summed E-state index contributed by atoms with van der Waals surface area (Å²) < 4.78 is 4.62. The van der Waals surface area contributed by atoms with Crippen molar-refractivity contribution < 1.29 is 4.79 Å². The van der Waals surface area contributed by atoms with E-state index >= 15 is 0 Å². The van der Waals surface area contributed by atoms with Gasteiger partial charge in [0.15, 0.2) is 0 Å². The minimum absolute atomic E-state index is 0.0157. The molecular weight excluding hydrogens is 334 g/mol. The van der Waals surface area contributed by atoms with Crippen molar-refractivity contribution in [2.75, 3.05) is 0 Å². The van der Waals surface area contributed by atoms with E-state index < -0.39 is 0 Å². The second-order valence-electron chi connectivity index (χ2n) is 5.15. The molecule has 2 aromatic rings. The number of carbonyl (C=O) groups is 1. The molecule has 6 nitrogen and oxygen atoms in total. The average Bonchev–Trinajstić information content (AvgIpc) is 2.88. The Bertz CT molecular complexity index is 659. The van der Waals surface area contributed by atoms with Gasteiger partial charge < -0.3 is 5.32 Å². The first kappa shape index (κ1) is 15.8. The van der Waals surface area contributed by atoms with Gasteiger partial charge in [-0.25, -0.2) is 0 Å². The Hall–Kier alpha value is -1.63. The molecule has 0 aliphatic rings. The van der Waals surface area contributed by atoms with Crippen molar-refractivity contribution in [3.63, 3.8) is 0 Å². The predicted octanol–water partition coefficient (Wildman–Crippen LogP) is 2.01. The highest BCUT2D eigenvalue weighted by Gasteiger charge is 2.10. The van der Waals surface area contributed by atoms with E-state index in [1.807, 2.05) is 38.7 Å². The van der Waals surface area contributed by atoms with E-state index in [0.29, 0.717) is 19.5 Å². The SMILES string of the molecule is Cc1nn(C)cc1CNC(=O)CCn1nc(C)c(Br)c1C. The molecule has 0 aliphatic heterocycles. The highest BCUT2D eigenvalue weighted by molar-refractivity contribution is 9.10. The van der Waals surface area contributed by atoms with Crippen molar-refractivity contribution in [3.8, 4) is 0 Å². The largest absolute Gasteiger partial charge is 0.352 e. The zero-order valence-corrected chi connectivity index (χ0v) is 14.4. The minimum atomic E-state index is 0.0157. The van der Waals surface area contributed by atoms with Crippen molar-refractivity contribution in [1.29, 1.82) is 0 Å². The number of aryl methyl sites for hydroxylation is 4. The second kappa shape index (κ2) is 6.43. The van der Waals surface area contributed by atoms with Crippen LogP contribution in [0.3, 0.4) is 0 Å². The number of nitrogens with one attached hydrogen (secondary N) is 1. The summed E-state index contributed by atoms with van der Waals surface area (Å²) in [5.74, 6) is 0.0157. The molecule has 2 heterocycles. The van der Waals surface area contributed by atoms with Gasteiger partial charge >= 0.3 is 0 Å². The first-order valence-corrected chi connectivity index (χ1v) is 7.63. The van der Waals surface area contributed by atoms with Gasteiger partial charge in [-0.1, -0.05) is 0 Å². The highest BCUT2D eigenvalue weighted by atomic mass is 79.9. The number of hydrogen-bond donors (Lipinski definition) is 1. The Labute approximate surface area is 132 Å². The van der Waals surface area contributed by atoms with Crippen molar-refractivity contribution in [3.05, 3.63) is 33.3 Å². The number of rotatable bonds is 5. The molecule has 114 valence electrons. The zero-order chi connectivity index (χ0) is 15.6. The number of carbonyl (C=O) groups excluding carboxylic acids is 1. The quantitative estimate of drug-likeness (QED) is 0.893. The molecule has 2 rings (SSSR count). The Morgan fingerprint density at radius 2 is 2.00 bits per heavy atom. The van der Waals surface area contributed by atoms with Crippen LogP contribution in [0.1, 0.15) is 29.1 Å². The second-order valence-corrected chi connectivity index (χ2v) is 5.94. The van der Waals surface area contributed by atoms with E-state index in [1.165, 1.54) is 0 Å². The van der Waals surface area contributed by atoms with E-state index in [1.54, 1.807) is 4.68 Å². The van der Waals surface area contributed by atoms with E-state index in [0.717, 1.165) is 27.1 Å². The third kappa shape index (κ3) is 3.72. The molecule has 21 heavy (non-hydrogen) atoms. The summed E-state index contributed by atoms with van der Waals surface area (Å²) in [5.41, 5.74) is 3.97. The predicted molar refractivity (Wildman–Crippen MR) is 83.8 cm³/mol. The summed E-state index contributed by atoms with van der Waals surface area (Å²) in [5, 5.41) is 11.6. The van der Waals surface area contributed by atoms with Gasteiger partial charge in [-0.3, -0.25) is 14.2 Å². The molecular formula is C14H20BrN5O. The lowest BCUT2D eigenvalue weighted by molar-refractivity contribution is -0.121. The van der Waals surface area contributed by atoms with Crippen LogP contribution >= 0.6 is 15.9 Å². The van der Waals surface area contributed by atoms with Crippen LogP contribution in [0.2, 0.25) is 0 Å². The lowest BCUT2D eigenvalue weighted by Crippen LogP contribution is -2.24. The monoisotopic (exact) mass is 353 g/mol. The number of aromatic nitrogens is 4. The fourth-order valence-electron chi connectivity index (χ4n) is 2.20. The Morgan fingerprint density at radius 1 is 1.29 bits per heavy atom. The summed E-state index contributed by atoms with van der Waals surface area (Å²) in [6.07, 6.45) is 2.33. The molecule has 0 spiro atoms. The van der Waals surface area contributed by atoms with Crippen molar-refractivity contribution in [1.82, 2.24) is 24.9 Å². The van der Waals surface area contributed by atoms with Gasteiger partial charge in [0, 0.05) is 37.5 Å². The van der Waals surface area contributed by atoms with E-state index in [9.17, 15) is 4.79 Å². The summed E-state index contributed by atoms with van der Waals surface area (Å²) in [7, 11) is 1.87. The first-order chi connectivity index (χ1) is 9.88. The maximum atomic E-state index is 11.9. The molecule has 1 amide bonds. The molecule has 0 atom stereocenters. The van der Waals surface area contributed by atoms with Crippen LogP contribution in [0.4, 0.5) is 0 Å². The van der Waals surface area contributed by atoms with Crippen LogP contribution in [0.15, 0.2) is 10.7 Å². The maximum Gasteiger partial charge on any atom is 0.222 e. The van der Waals surface area contributed by atoms with Gasteiger partial charge in [0.05, 0.1) is 22.4 Å². The van der Waals surface area contributed by atoms with E-state index in [-0.39, 0.29) is 5.91 Å². The fourth-order valence-corrected chi connectivity index (χ4v) is 2.49. The van der Waals surface area contributed by atoms with Crippen LogP contribution in [0.5, 0.6) is 0 Å². The molecule has 0 aromatic carbocycles. The molecule has 0 unspecified atom stereocenters. The van der Waals surface area contributed by atoms with Crippen LogP contribution in [0, 0.1) is 20.8 Å². The summed E-state index contributed by atoms with van der Waals surface area (Å²) in [4.78, 5) is 11.9. The van der Waals surface area contributed by atoms with Gasteiger partial charge in [0.2, 0.25) is 5.91 Å². The average molecular weight is 354 g/mol. The van der Waals surface area contributed by atoms with Gasteiger partial charge in [0.25, 0.3) is 0 Å². The fraction of sp³-hybridized carbons (Fsp3) is 0.500. The molecule has 0 saturated carbocycles. The molecule has 0 radical (unpaired) electrons. The Kier molecular flexibility index (Phi) is 4.82. The van der Waals surface area contributed by atoms with Gasteiger partial charge in [-0.15, -0.1) is 0 Å². The van der Waals surface area contributed by atoms with Crippen LogP contribution in [0.25, 0.3) is 0 Å². The molecule has 0 aliphatic carbocycles. The highest BCUT2D eigenvalue weighted by Crippen LogP contribution is 2.19. The lowest BCUT2D eigenvalue weighted by atomic mass is 10.2. The smallest absolute Gasteiger partial charge is 0.222 e. The molecule has 1 N–H and O–H groups in total. The minimum Gasteiger partial charge on any atom is -0.352 e. The van der Waals surface area contributed by atoms with E-state index in [2.05, 4.69) is 31.4 Å². The lowest BCUT2D eigenvalue weighted by Gasteiger charge is -2.06. The third-order valence-corrected chi connectivity index (χ3v) is 4.58. The van der Waals surface area contributed by atoms with Crippen LogP contribution in [-0.4, -0.2) is 25.5 Å². The van der Waals surface area contributed by atoms with Crippen molar-refractivity contribution in [2.45, 2.75) is 40.3 Å².